The van der Waals surface area contributed by atoms with Gasteiger partial charge >= 0.3 is 0 Å². The maximum Gasteiger partial charge on any atom is 0.292 e. The lowest BCUT2D eigenvalue weighted by atomic mass is 10.1. The summed E-state index contributed by atoms with van der Waals surface area (Å²) in [4.78, 5) is 25.0. The van der Waals surface area contributed by atoms with Crippen LogP contribution in [0, 0.1) is 16.0 Å². The second-order valence-corrected chi connectivity index (χ2v) is 6.31. The van der Waals surface area contributed by atoms with Crippen molar-refractivity contribution in [2.24, 2.45) is 5.92 Å². The highest BCUT2D eigenvalue weighted by atomic mass is 16.6. The van der Waals surface area contributed by atoms with E-state index in [9.17, 15) is 14.9 Å². The Hall–Kier alpha value is -2.37. The average molecular weight is 317 g/mol. The molecule has 0 bridgehead atoms. The van der Waals surface area contributed by atoms with Gasteiger partial charge in [-0.15, -0.1) is 0 Å². The smallest absolute Gasteiger partial charge is 0.292 e. The molecular formula is C17H23N3O3. The number of anilines is 1. The molecule has 0 saturated carbocycles. The van der Waals surface area contributed by atoms with Crippen LogP contribution in [0.3, 0.4) is 0 Å². The van der Waals surface area contributed by atoms with Crippen LogP contribution in [-0.4, -0.2) is 28.4 Å². The molecule has 1 aromatic carbocycles. The molecule has 6 heteroatoms. The van der Waals surface area contributed by atoms with Crippen LogP contribution < -0.4 is 5.32 Å². The molecule has 0 aromatic heterocycles. The molecule has 0 saturated heterocycles. The molecule has 1 atom stereocenters. The number of rotatable bonds is 6. The Kier molecular flexibility index (Phi) is 5.03. The molecule has 2 rings (SSSR count). The Balaban J connectivity index is 2.28. The van der Waals surface area contributed by atoms with E-state index in [4.69, 9.17) is 0 Å². The van der Waals surface area contributed by atoms with Crippen molar-refractivity contribution in [3.63, 3.8) is 0 Å². The molecule has 1 N–H and O–H groups in total. The van der Waals surface area contributed by atoms with Gasteiger partial charge < -0.3 is 10.2 Å². The lowest BCUT2D eigenvalue weighted by molar-refractivity contribution is -0.384. The van der Waals surface area contributed by atoms with Crippen molar-refractivity contribution in [1.29, 1.82) is 0 Å². The van der Waals surface area contributed by atoms with Crippen molar-refractivity contribution in [2.75, 3.05) is 11.9 Å². The van der Waals surface area contributed by atoms with Crippen LogP contribution in [-0.2, 0) is 4.79 Å². The summed E-state index contributed by atoms with van der Waals surface area (Å²) >= 11 is 0. The minimum atomic E-state index is -0.413. The fourth-order valence-corrected chi connectivity index (χ4v) is 2.66. The number of hydrogen-bond acceptors (Lipinski definition) is 4. The molecule has 0 fully saturated rings. The molecule has 1 aliphatic rings. The topological polar surface area (TPSA) is 75.5 Å². The Morgan fingerprint density at radius 2 is 1.96 bits per heavy atom. The normalized spacial score (nSPS) is 18.0. The summed E-state index contributed by atoms with van der Waals surface area (Å²) in [7, 11) is 0. The summed E-state index contributed by atoms with van der Waals surface area (Å²) in [6.45, 7) is 8.55. The Bertz CT molecular complexity index is 652. The van der Waals surface area contributed by atoms with E-state index in [2.05, 4.69) is 19.2 Å². The van der Waals surface area contributed by atoms with Gasteiger partial charge in [0.1, 0.15) is 11.9 Å². The van der Waals surface area contributed by atoms with Gasteiger partial charge in [0.25, 0.3) is 11.6 Å². The zero-order valence-corrected chi connectivity index (χ0v) is 14.0. The largest absolute Gasteiger partial charge is 0.356 e. The highest BCUT2D eigenvalue weighted by molar-refractivity contribution is 5.97. The molecule has 1 aliphatic heterocycles. The van der Waals surface area contributed by atoms with Gasteiger partial charge in [-0.2, -0.15) is 0 Å². The van der Waals surface area contributed by atoms with Gasteiger partial charge in [-0.05, 0) is 37.8 Å². The number of amides is 1. The van der Waals surface area contributed by atoms with Crippen LogP contribution in [0.5, 0.6) is 0 Å². The first-order chi connectivity index (χ1) is 10.8. The molecule has 0 unspecified atom stereocenters. The minimum absolute atomic E-state index is 0.000709. The quantitative estimate of drug-likeness (QED) is 0.643. The zero-order chi connectivity index (χ0) is 17.1. The molecule has 0 spiro atoms. The van der Waals surface area contributed by atoms with E-state index in [1.807, 2.05) is 6.92 Å². The van der Waals surface area contributed by atoms with Crippen LogP contribution in [0.15, 0.2) is 35.4 Å². The third-order valence-electron chi connectivity index (χ3n) is 4.24. The van der Waals surface area contributed by atoms with E-state index in [1.54, 1.807) is 30.0 Å². The number of nitrogens with zero attached hydrogens (tertiary/aromatic N) is 2. The third-order valence-corrected chi connectivity index (χ3v) is 4.24. The maximum absolute atomic E-state index is 12.4. The predicted molar refractivity (Wildman–Crippen MR) is 90.0 cm³/mol. The summed E-state index contributed by atoms with van der Waals surface area (Å²) in [5.74, 6) is 0.481. The van der Waals surface area contributed by atoms with E-state index in [-0.39, 0.29) is 17.8 Å². The lowest BCUT2D eigenvalue weighted by Gasteiger charge is -2.28. The zero-order valence-electron chi connectivity index (χ0n) is 14.0. The number of carbonyl (C=O) groups excluding carboxylic acids is 1. The van der Waals surface area contributed by atoms with Crippen LogP contribution in [0.2, 0.25) is 0 Å². The SMILES string of the molecule is CC1=C(C)[C@@H](Nc2ccccc2[N+](=O)[O-])N(CCC(C)C)C1=O. The second kappa shape index (κ2) is 6.81. The van der Waals surface area contributed by atoms with Gasteiger partial charge in [0.15, 0.2) is 0 Å². The molecule has 1 heterocycles. The van der Waals surface area contributed by atoms with Gasteiger partial charge in [0.05, 0.1) is 4.92 Å². The number of hydrogen-bond donors (Lipinski definition) is 1. The fraction of sp³-hybridized carbons (Fsp3) is 0.471. The molecule has 6 nitrogen and oxygen atoms in total. The minimum Gasteiger partial charge on any atom is -0.356 e. The van der Waals surface area contributed by atoms with Gasteiger partial charge in [-0.25, -0.2) is 0 Å². The number of benzene rings is 1. The first-order valence-corrected chi connectivity index (χ1v) is 7.81. The van der Waals surface area contributed by atoms with Crippen LogP contribution in [0.1, 0.15) is 34.1 Å². The van der Waals surface area contributed by atoms with Crippen LogP contribution in [0.25, 0.3) is 0 Å². The van der Waals surface area contributed by atoms with Crippen LogP contribution in [0.4, 0.5) is 11.4 Å². The van der Waals surface area contributed by atoms with E-state index in [1.165, 1.54) is 6.07 Å². The van der Waals surface area contributed by atoms with Crippen molar-refractivity contribution in [3.05, 3.63) is 45.5 Å². The first-order valence-electron chi connectivity index (χ1n) is 7.81. The standard InChI is InChI=1S/C17H23N3O3/c1-11(2)9-10-19-16(12(3)13(4)17(19)21)18-14-7-5-6-8-15(14)20(22)23/h5-8,11,16,18H,9-10H2,1-4H3/t16-/m0/s1. The molecule has 124 valence electrons. The lowest BCUT2D eigenvalue weighted by Crippen LogP contribution is -2.41. The highest BCUT2D eigenvalue weighted by Crippen LogP contribution is 2.31. The third kappa shape index (κ3) is 3.52. The maximum atomic E-state index is 12.4. The van der Waals surface area contributed by atoms with Crippen molar-refractivity contribution in [1.82, 2.24) is 4.90 Å². The Labute approximate surface area is 136 Å². The number of carbonyl (C=O) groups is 1. The van der Waals surface area contributed by atoms with Gasteiger partial charge in [-0.1, -0.05) is 26.0 Å². The monoisotopic (exact) mass is 317 g/mol. The summed E-state index contributed by atoms with van der Waals surface area (Å²) < 4.78 is 0. The van der Waals surface area contributed by atoms with Crippen molar-refractivity contribution < 1.29 is 9.72 Å². The summed E-state index contributed by atoms with van der Waals surface area (Å²) in [5, 5.41) is 14.4. The van der Waals surface area contributed by atoms with E-state index < -0.39 is 4.92 Å². The van der Waals surface area contributed by atoms with Crippen molar-refractivity contribution >= 4 is 17.3 Å². The number of nitrogens with one attached hydrogen (secondary N) is 1. The van der Waals surface area contributed by atoms with E-state index in [0.29, 0.717) is 23.7 Å². The molecule has 0 radical (unpaired) electrons. The van der Waals surface area contributed by atoms with Gasteiger partial charge in [0.2, 0.25) is 0 Å². The molecule has 0 aliphatic carbocycles. The Morgan fingerprint density at radius 1 is 1.30 bits per heavy atom. The molecule has 1 aromatic rings. The van der Waals surface area contributed by atoms with Gasteiger partial charge in [-0.3, -0.25) is 14.9 Å². The summed E-state index contributed by atoms with van der Waals surface area (Å²) in [5.41, 5.74) is 2.07. The van der Waals surface area contributed by atoms with Crippen molar-refractivity contribution in [3.8, 4) is 0 Å². The average Bonchev–Trinajstić information content (AvgIpc) is 2.70. The first kappa shape index (κ1) is 17.0. The highest BCUT2D eigenvalue weighted by Gasteiger charge is 2.35. The number of nitro groups is 1. The Morgan fingerprint density at radius 3 is 2.57 bits per heavy atom. The van der Waals surface area contributed by atoms with Crippen LogP contribution >= 0.6 is 0 Å². The fourth-order valence-electron chi connectivity index (χ4n) is 2.66. The van der Waals surface area contributed by atoms with Crippen molar-refractivity contribution in [2.45, 2.75) is 40.3 Å². The summed E-state index contributed by atoms with van der Waals surface area (Å²) in [6, 6.07) is 6.51. The summed E-state index contributed by atoms with van der Waals surface area (Å²) in [6.07, 6.45) is 0.559. The van der Waals surface area contributed by atoms with Gasteiger partial charge in [0, 0.05) is 18.2 Å². The number of nitro benzene ring substituents is 1. The molecule has 23 heavy (non-hydrogen) atoms. The number of para-hydroxylation sites is 2. The predicted octanol–water partition coefficient (Wildman–Crippen LogP) is 3.56. The van der Waals surface area contributed by atoms with E-state index in [0.717, 1.165) is 12.0 Å². The van der Waals surface area contributed by atoms with E-state index >= 15 is 0 Å². The molecule has 1 amide bonds. The second-order valence-electron chi connectivity index (χ2n) is 6.31. The molecular weight excluding hydrogens is 294 g/mol.